The van der Waals surface area contributed by atoms with E-state index < -0.39 is 0 Å². The lowest BCUT2D eigenvalue weighted by Gasteiger charge is -2.17. The van der Waals surface area contributed by atoms with E-state index >= 15 is 0 Å². The molecule has 0 aliphatic heterocycles. The summed E-state index contributed by atoms with van der Waals surface area (Å²) in [6.07, 6.45) is 1.63. The molecular formula is C11H13N5. The quantitative estimate of drug-likeness (QED) is 0.755. The highest BCUT2D eigenvalue weighted by atomic mass is 15.1. The normalized spacial score (nSPS) is 11.2. The van der Waals surface area contributed by atoms with Crippen LogP contribution in [0.15, 0.2) is 18.3 Å². The Bertz CT molecular complexity index is 393. The molecule has 0 aliphatic rings. The van der Waals surface area contributed by atoms with Gasteiger partial charge in [-0.15, -0.1) is 0 Å². The van der Waals surface area contributed by atoms with Gasteiger partial charge in [0.2, 0.25) is 0 Å². The number of nitrogens with two attached hydrogens (primary N) is 1. The molecule has 2 N–H and O–H groups in total. The molecule has 0 fully saturated rings. The lowest BCUT2D eigenvalue weighted by Crippen LogP contribution is -2.24. The van der Waals surface area contributed by atoms with Crippen LogP contribution < -0.4 is 10.6 Å². The second-order valence-corrected chi connectivity index (χ2v) is 3.40. The third-order valence-corrected chi connectivity index (χ3v) is 2.13. The Morgan fingerprint density at radius 3 is 2.38 bits per heavy atom. The molecule has 0 saturated carbocycles. The number of rotatable bonds is 4. The van der Waals surface area contributed by atoms with Gasteiger partial charge in [-0.25, -0.2) is 0 Å². The molecule has 0 amide bonds. The lowest BCUT2D eigenvalue weighted by atomic mass is 10.2. The topological polar surface area (TPSA) is 89.7 Å². The molecule has 0 aromatic carbocycles. The van der Waals surface area contributed by atoms with Crippen LogP contribution in [0, 0.1) is 22.7 Å². The molecule has 0 saturated heterocycles. The van der Waals surface area contributed by atoms with Gasteiger partial charge >= 0.3 is 0 Å². The molecule has 0 spiro atoms. The van der Waals surface area contributed by atoms with E-state index in [4.69, 9.17) is 16.3 Å². The van der Waals surface area contributed by atoms with Crippen LogP contribution >= 0.6 is 0 Å². The minimum absolute atomic E-state index is 0.116. The van der Waals surface area contributed by atoms with Crippen LogP contribution in [-0.4, -0.2) is 18.1 Å². The lowest BCUT2D eigenvalue weighted by molar-refractivity contribution is 0.779. The molecule has 1 heterocycles. The maximum Gasteiger partial charge on any atom is 0.107 e. The van der Waals surface area contributed by atoms with Crippen molar-refractivity contribution in [3.8, 4) is 12.1 Å². The second kappa shape index (κ2) is 5.69. The van der Waals surface area contributed by atoms with E-state index in [9.17, 15) is 0 Å². The Labute approximate surface area is 94.7 Å². The number of anilines is 1. The molecule has 0 aliphatic carbocycles. The summed E-state index contributed by atoms with van der Waals surface area (Å²) in [6, 6.07) is 7.53. The zero-order chi connectivity index (χ0) is 12.0. The fourth-order valence-corrected chi connectivity index (χ4v) is 1.26. The molecular weight excluding hydrogens is 202 g/mol. The van der Waals surface area contributed by atoms with Gasteiger partial charge in [-0.3, -0.25) is 4.98 Å². The number of hydrogen-bond acceptors (Lipinski definition) is 5. The highest BCUT2D eigenvalue weighted by Gasteiger charge is 2.07. The maximum atomic E-state index is 8.63. The standard InChI is InChI=1S/C11H13N5/c1-9(14)11-3-2-10(8-15-11)16(6-4-12)7-5-13/h2-3,8-9H,6-7,14H2,1H3/t9-/m1/s1. The van der Waals surface area contributed by atoms with Gasteiger partial charge in [-0.1, -0.05) is 0 Å². The van der Waals surface area contributed by atoms with E-state index in [1.807, 2.05) is 31.2 Å². The van der Waals surface area contributed by atoms with Crippen molar-refractivity contribution >= 4 is 5.69 Å². The van der Waals surface area contributed by atoms with E-state index in [-0.39, 0.29) is 19.1 Å². The zero-order valence-corrected chi connectivity index (χ0v) is 9.09. The summed E-state index contributed by atoms with van der Waals surface area (Å²) in [6.45, 7) is 2.20. The molecule has 5 heteroatoms. The van der Waals surface area contributed by atoms with Crippen molar-refractivity contribution in [2.24, 2.45) is 5.73 Å². The predicted molar refractivity (Wildman–Crippen MR) is 60.3 cm³/mol. The summed E-state index contributed by atoms with van der Waals surface area (Å²) >= 11 is 0. The number of nitrogens with zero attached hydrogens (tertiary/aromatic N) is 4. The van der Waals surface area contributed by atoms with E-state index in [0.29, 0.717) is 0 Å². The zero-order valence-electron chi connectivity index (χ0n) is 9.09. The first-order chi connectivity index (χ1) is 7.69. The minimum atomic E-state index is -0.116. The highest BCUT2D eigenvalue weighted by molar-refractivity contribution is 5.46. The van der Waals surface area contributed by atoms with Crippen molar-refractivity contribution in [1.82, 2.24) is 4.98 Å². The average molecular weight is 215 g/mol. The first-order valence-electron chi connectivity index (χ1n) is 4.89. The Morgan fingerprint density at radius 1 is 1.38 bits per heavy atom. The van der Waals surface area contributed by atoms with Crippen LogP contribution in [0.1, 0.15) is 18.7 Å². The van der Waals surface area contributed by atoms with E-state index in [2.05, 4.69) is 4.98 Å². The second-order valence-electron chi connectivity index (χ2n) is 3.40. The molecule has 1 rings (SSSR count). The highest BCUT2D eigenvalue weighted by Crippen LogP contribution is 2.14. The van der Waals surface area contributed by atoms with E-state index in [1.54, 1.807) is 11.1 Å². The fraction of sp³-hybridized carbons (Fsp3) is 0.364. The molecule has 0 bridgehead atoms. The Balaban J connectivity index is 2.86. The van der Waals surface area contributed by atoms with Crippen LogP contribution in [0.25, 0.3) is 0 Å². The SMILES string of the molecule is C[C@@H](N)c1ccc(N(CC#N)CC#N)cn1. The van der Waals surface area contributed by atoms with Gasteiger partial charge in [0.05, 0.1) is 29.7 Å². The first kappa shape index (κ1) is 12.0. The smallest absolute Gasteiger partial charge is 0.107 e. The van der Waals surface area contributed by atoms with Crippen molar-refractivity contribution < 1.29 is 0 Å². The van der Waals surface area contributed by atoms with Crippen LogP contribution in [0.5, 0.6) is 0 Å². The van der Waals surface area contributed by atoms with Crippen molar-refractivity contribution in [3.05, 3.63) is 24.0 Å². The van der Waals surface area contributed by atoms with Crippen LogP contribution in [-0.2, 0) is 0 Å². The van der Waals surface area contributed by atoms with Gasteiger partial charge in [-0.2, -0.15) is 10.5 Å². The molecule has 1 aromatic rings. The molecule has 16 heavy (non-hydrogen) atoms. The number of nitriles is 2. The summed E-state index contributed by atoms with van der Waals surface area (Å²) < 4.78 is 0. The van der Waals surface area contributed by atoms with Crippen molar-refractivity contribution in [2.75, 3.05) is 18.0 Å². The first-order valence-corrected chi connectivity index (χ1v) is 4.89. The molecule has 1 atom stereocenters. The summed E-state index contributed by atoms with van der Waals surface area (Å²) in [4.78, 5) is 5.83. The maximum absolute atomic E-state index is 8.63. The number of aromatic nitrogens is 1. The van der Waals surface area contributed by atoms with Crippen LogP contribution in [0.2, 0.25) is 0 Å². The third-order valence-electron chi connectivity index (χ3n) is 2.13. The third kappa shape index (κ3) is 2.94. The van der Waals surface area contributed by atoms with Gasteiger partial charge in [-0.05, 0) is 19.1 Å². The monoisotopic (exact) mass is 215 g/mol. The van der Waals surface area contributed by atoms with E-state index in [0.717, 1.165) is 11.4 Å². The predicted octanol–water partition coefficient (Wildman–Crippen LogP) is 0.955. The van der Waals surface area contributed by atoms with Gasteiger partial charge < -0.3 is 10.6 Å². The minimum Gasteiger partial charge on any atom is -0.344 e. The number of hydrogen-bond donors (Lipinski definition) is 1. The summed E-state index contributed by atoms with van der Waals surface area (Å²) in [7, 11) is 0. The van der Waals surface area contributed by atoms with Crippen LogP contribution in [0.3, 0.4) is 0 Å². The largest absolute Gasteiger partial charge is 0.344 e. The van der Waals surface area contributed by atoms with Gasteiger partial charge in [0.25, 0.3) is 0 Å². The summed E-state index contributed by atoms with van der Waals surface area (Å²) in [5.74, 6) is 0. The molecule has 1 aromatic heterocycles. The summed E-state index contributed by atoms with van der Waals surface area (Å²) in [5, 5.41) is 17.3. The van der Waals surface area contributed by atoms with Crippen molar-refractivity contribution in [3.63, 3.8) is 0 Å². The van der Waals surface area contributed by atoms with Gasteiger partial charge in [0.1, 0.15) is 13.1 Å². The Hall–Kier alpha value is -2.11. The average Bonchev–Trinajstić information content (AvgIpc) is 2.29. The molecule has 5 nitrogen and oxygen atoms in total. The number of pyridine rings is 1. The van der Waals surface area contributed by atoms with Crippen molar-refractivity contribution in [1.29, 1.82) is 10.5 Å². The Kier molecular flexibility index (Phi) is 4.26. The molecule has 0 radical (unpaired) electrons. The molecule has 82 valence electrons. The van der Waals surface area contributed by atoms with Gasteiger partial charge in [0.15, 0.2) is 0 Å². The molecule has 0 unspecified atom stereocenters. The van der Waals surface area contributed by atoms with Crippen molar-refractivity contribution in [2.45, 2.75) is 13.0 Å². The van der Waals surface area contributed by atoms with E-state index in [1.165, 1.54) is 0 Å². The van der Waals surface area contributed by atoms with Crippen LogP contribution in [0.4, 0.5) is 5.69 Å². The summed E-state index contributed by atoms with van der Waals surface area (Å²) in [5.41, 5.74) is 7.22. The van der Waals surface area contributed by atoms with Gasteiger partial charge in [0, 0.05) is 6.04 Å². The fourth-order valence-electron chi connectivity index (χ4n) is 1.26. The Morgan fingerprint density at radius 2 is 2.00 bits per heavy atom.